The Morgan fingerprint density at radius 3 is 2.15 bits per heavy atom. The molecule has 0 unspecified atom stereocenters. The maximum absolute atomic E-state index is 12.2. The van der Waals surface area contributed by atoms with Crippen molar-refractivity contribution < 1.29 is 19.5 Å². The predicted octanol–water partition coefficient (Wildman–Crippen LogP) is 1.01. The number of rotatable bonds is 5. The number of carbonyl (C=O) groups is 3. The molecule has 6 heteroatoms. The lowest BCUT2D eigenvalue weighted by atomic mass is 9.77. The van der Waals surface area contributed by atoms with E-state index < -0.39 is 11.4 Å². The Morgan fingerprint density at radius 1 is 1.15 bits per heavy atom. The van der Waals surface area contributed by atoms with Gasteiger partial charge in [0, 0.05) is 20.5 Å². The lowest BCUT2D eigenvalue weighted by Gasteiger charge is -2.29. The Morgan fingerprint density at radius 2 is 1.70 bits per heavy atom. The van der Waals surface area contributed by atoms with Gasteiger partial charge in [-0.15, -0.1) is 0 Å². The van der Waals surface area contributed by atoms with Crippen LogP contribution in [0.5, 0.6) is 0 Å². The lowest BCUT2D eigenvalue weighted by Crippen LogP contribution is -2.41. The van der Waals surface area contributed by atoms with Crippen molar-refractivity contribution in [2.75, 3.05) is 20.6 Å². The van der Waals surface area contributed by atoms with Crippen LogP contribution in [-0.2, 0) is 14.4 Å². The van der Waals surface area contributed by atoms with Crippen LogP contribution in [0.25, 0.3) is 0 Å². The van der Waals surface area contributed by atoms with Gasteiger partial charge in [-0.05, 0) is 12.8 Å². The molecule has 2 N–H and O–H groups in total. The molecule has 2 amide bonds. The van der Waals surface area contributed by atoms with E-state index in [1.807, 2.05) is 0 Å². The molecule has 6 nitrogen and oxygen atoms in total. The molecule has 0 heterocycles. The first-order valence-electron chi connectivity index (χ1n) is 7.09. The average molecular weight is 284 g/mol. The fourth-order valence-electron chi connectivity index (χ4n) is 2.68. The number of nitrogens with one attached hydrogen (secondary N) is 1. The highest BCUT2D eigenvalue weighted by Crippen LogP contribution is 2.38. The van der Waals surface area contributed by atoms with Gasteiger partial charge in [-0.1, -0.05) is 25.7 Å². The second-order valence-electron chi connectivity index (χ2n) is 5.60. The minimum absolute atomic E-state index is 0.0180. The SMILES string of the molecule is CNC(=O)CN(C)C(=O)CC1(C(=O)O)CCCCCC1. The van der Waals surface area contributed by atoms with Crippen molar-refractivity contribution in [3.8, 4) is 0 Å². The number of likely N-dealkylation sites (N-methyl/N-ethyl adjacent to an activating group) is 2. The van der Waals surface area contributed by atoms with E-state index in [-0.39, 0.29) is 24.8 Å². The van der Waals surface area contributed by atoms with Crippen LogP contribution >= 0.6 is 0 Å². The van der Waals surface area contributed by atoms with Gasteiger partial charge in [0.2, 0.25) is 11.8 Å². The summed E-state index contributed by atoms with van der Waals surface area (Å²) in [5.41, 5.74) is -0.954. The third kappa shape index (κ3) is 4.21. The molecule has 114 valence electrons. The van der Waals surface area contributed by atoms with Crippen LogP contribution in [0, 0.1) is 5.41 Å². The minimum Gasteiger partial charge on any atom is -0.481 e. The molecule has 1 saturated carbocycles. The van der Waals surface area contributed by atoms with Crippen molar-refractivity contribution in [1.82, 2.24) is 10.2 Å². The highest BCUT2D eigenvalue weighted by molar-refractivity contribution is 5.88. The monoisotopic (exact) mass is 284 g/mol. The minimum atomic E-state index is -0.954. The fraction of sp³-hybridized carbons (Fsp3) is 0.786. The summed E-state index contributed by atoms with van der Waals surface area (Å²) >= 11 is 0. The molecule has 0 aliphatic heterocycles. The van der Waals surface area contributed by atoms with Gasteiger partial charge in [0.25, 0.3) is 0 Å². The van der Waals surface area contributed by atoms with E-state index in [9.17, 15) is 19.5 Å². The van der Waals surface area contributed by atoms with Crippen LogP contribution < -0.4 is 5.32 Å². The van der Waals surface area contributed by atoms with E-state index in [4.69, 9.17) is 0 Å². The maximum atomic E-state index is 12.2. The van der Waals surface area contributed by atoms with Crippen LogP contribution in [0.4, 0.5) is 0 Å². The second kappa shape index (κ2) is 7.26. The first-order chi connectivity index (χ1) is 9.41. The first-order valence-corrected chi connectivity index (χ1v) is 7.09. The molecule has 1 rings (SSSR count). The zero-order valence-corrected chi connectivity index (χ0v) is 12.3. The third-order valence-electron chi connectivity index (χ3n) is 4.09. The van der Waals surface area contributed by atoms with E-state index in [0.717, 1.165) is 25.7 Å². The largest absolute Gasteiger partial charge is 0.481 e. The predicted molar refractivity (Wildman–Crippen MR) is 74.1 cm³/mol. The van der Waals surface area contributed by atoms with Crippen LogP contribution in [0.2, 0.25) is 0 Å². The van der Waals surface area contributed by atoms with Crippen molar-refractivity contribution in [1.29, 1.82) is 0 Å². The number of aliphatic carboxylic acids is 1. The van der Waals surface area contributed by atoms with Crippen molar-refractivity contribution in [3.05, 3.63) is 0 Å². The van der Waals surface area contributed by atoms with E-state index in [0.29, 0.717) is 12.8 Å². The zero-order valence-electron chi connectivity index (χ0n) is 12.3. The van der Waals surface area contributed by atoms with Gasteiger partial charge in [-0.25, -0.2) is 0 Å². The van der Waals surface area contributed by atoms with Crippen LogP contribution in [0.1, 0.15) is 44.9 Å². The summed E-state index contributed by atoms with van der Waals surface area (Å²) in [6.07, 6.45) is 4.81. The molecular weight excluding hydrogens is 260 g/mol. The Kier molecular flexibility index (Phi) is 5.98. The quantitative estimate of drug-likeness (QED) is 0.738. The maximum Gasteiger partial charge on any atom is 0.310 e. The number of carboxylic acids is 1. The molecule has 20 heavy (non-hydrogen) atoms. The van der Waals surface area contributed by atoms with Gasteiger partial charge in [-0.2, -0.15) is 0 Å². The van der Waals surface area contributed by atoms with Gasteiger partial charge in [0.1, 0.15) is 0 Å². The third-order valence-corrected chi connectivity index (χ3v) is 4.09. The van der Waals surface area contributed by atoms with E-state index in [1.54, 1.807) is 0 Å². The van der Waals surface area contributed by atoms with Crippen LogP contribution in [0.15, 0.2) is 0 Å². The zero-order chi connectivity index (χ0) is 15.2. The Labute approximate surface area is 119 Å². The second-order valence-corrected chi connectivity index (χ2v) is 5.60. The summed E-state index contributed by atoms with van der Waals surface area (Å²) in [6, 6.07) is 0. The van der Waals surface area contributed by atoms with Crippen molar-refractivity contribution in [2.45, 2.75) is 44.9 Å². The summed E-state index contributed by atoms with van der Waals surface area (Å²) in [6.45, 7) is -0.0367. The molecule has 0 saturated heterocycles. The Bertz CT molecular complexity index is 373. The lowest BCUT2D eigenvalue weighted by molar-refractivity contribution is -0.154. The molecule has 1 fully saturated rings. The van der Waals surface area contributed by atoms with E-state index in [2.05, 4.69) is 5.32 Å². The van der Waals surface area contributed by atoms with E-state index >= 15 is 0 Å². The van der Waals surface area contributed by atoms with Gasteiger partial charge in [0.15, 0.2) is 0 Å². The molecule has 0 aromatic carbocycles. The number of hydrogen-bond acceptors (Lipinski definition) is 3. The normalized spacial score (nSPS) is 17.9. The summed E-state index contributed by atoms with van der Waals surface area (Å²) in [5, 5.41) is 12.0. The molecule has 0 spiro atoms. The van der Waals surface area contributed by atoms with Gasteiger partial charge < -0.3 is 15.3 Å². The van der Waals surface area contributed by atoms with Crippen molar-refractivity contribution >= 4 is 17.8 Å². The summed E-state index contributed by atoms with van der Waals surface area (Å²) in [7, 11) is 3.04. The number of amides is 2. The summed E-state index contributed by atoms with van der Waals surface area (Å²) in [5.74, 6) is -1.43. The molecule has 0 radical (unpaired) electrons. The van der Waals surface area contributed by atoms with Crippen LogP contribution in [0.3, 0.4) is 0 Å². The first kappa shape index (κ1) is 16.5. The molecule has 0 bridgehead atoms. The molecular formula is C14H24N2O4. The molecule has 1 aliphatic rings. The molecule has 0 aromatic rings. The van der Waals surface area contributed by atoms with E-state index in [1.165, 1.54) is 19.0 Å². The molecule has 1 aliphatic carbocycles. The smallest absolute Gasteiger partial charge is 0.310 e. The highest BCUT2D eigenvalue weighted by atomic mass is 16.4. The topological polar surface area (TPSA) is 86.7 Å². The fourth-order valence-corrected chi connectivity index (χ4v) is 2.68. The number of nitrogens with zero attached hydrogens (tertiary/aromatic N) is 1. The average Bonchev–Trinajstić information content (AvgIpc) is 2.65. The molecule has 0 aromatic heterocycles. The molecule has 0 atom stereocenters. The van der Waals surface area contributed by atoms with Gasteiger partial charge >= 0.3 is 5.97 Å². The Balaban J connectivity index is 2.72. The highest BCUT2D eigenvalue weighted by Gasteiger charge is 2.41. The Hall–Kier alpha value is -1.59. The summed E-state index contributed by atoms with van der Waals surface area (Å²) in [4.78, 5) is 36.3. The van der Waals surface area contributed by atoms with Gasteiger partial charge in [-0.3, -0.25) is 14.4 Å². The number of carboxylic acid groups (broad SMARTS) is 1. The summed E-state index contributed by atoms with van der Waals surface area (Å²) < 4.78 is 0. The van der Waals surface area contributed by atoms with Crippen molar-refractivity contribution in [3.63, 3.8) is 0 Å². The number of carbonyl (C=O) groups excluding carboxylic acids is 2. The van der Waals surface area contributed by atoms with Crippen molar-refractivity contribution in [2.24, 2.45) is 5.41 Å². The standard InChI is InChI=1S/C14H24N2O4/c1-15-11(17)10-16(2)12(18)9-14(13(19)20)7-5-3-4-6-8-14/h3-10H2,1-2H3,(H,15,17)(H,19,20). The number of hydrogen-bond donors (Lipinski definition) is 2. The van der Waals surface area contributed by atoms with Gasteiger partial charge in [0.05, 0.1) is 12.0 Å². The van der Waals surface area contributed by atoms with Crippen LogP contribution in [-0.4, -0.2) is 48.4 Å².